The Morgan fingerprint density at radius 3 is 2.78 bits per heavy atom. The zero-order chi connectivity index (χ0) is 22.3. The minimum Gasteiger partial charge on any atom is -0.486 e. The summed E-state index contributed by atoms with van der Waals surface area (Å²) in [5.41, 5.74) is 1.66. The van der Waals surface area contributed by atoms with Gasteiger partial charge in [0.25, 0.3) is 5.91 Å². The number of rotatable bonds is 4. The first-order valence-electron chi connectivity index (χ1n) is 10.9. The highest BCUT2D eigenvalue weighted by atomic mass is 16.6. The Hall–Kier alpha value is -3.55. The van der Waals surface area contributed by atoms with Gasteiger partial charge < -0.3 is 20.1 Å². The molecule has 2 aromatic rings. The van der Waals surface area contributed by atoms with Crippen molar-refractivity contribution in [1.82, 2.24) is 15.5 Å². The highest BCUT2D eigenvalue weighted by molar-refractivity contribution is 6.09. The minimum atomic E-state index is -1.08. The van der Waals surface area contributed by atoms with Crippen LogP contribution in [-0.4, -0.2) is 42.5 Å². The number of fused-ring (bicyclic) bond motifs is 3. The molecule has 166 valence electrons. The summed E-state index contributed by atoms with van der Waals surface area (Å²) in [4.78, 5) is 39.8. The molecular weight excluding hydrogens is 410 g/mol. The minimum absolute atomic E-state index is 0.330. The van der Waals surface area contributed by atoms with Crippen LogP contribution in [0.3, 0.4) is 0 Å². The van der Waals surface area contributed by atoms with Gasteiger partial charge in [-0.3, -0.25) is 14.5 Å². The normalized spacial score (nSPS) is 22.3. The molecule has 4 amide bonds. The highest BCUT2D eigenvalue weighted by Crippen LogP contribution is 2.40. The third-order valence-electron chi connectivity index (χ3n) is 6.40. The summed E-state index contributed by atoms with van der Waals surface area (Å²) < 4.78 is 11.1. The molecule has 2 N–H and O–H groups in total. The monoisotopic (exact) mass is 435 g/mol. The van der Waals surface area contributed by atoms with Crippen LogP contribution in [0.5, 0.6) is 11.5 Å². The molecule has 2 atom stereocenters. The lowest BCUT2D eigenvalue weighted by Gasteiger charge is -2.33. The number of nitrogens with zero attached hydrogens (tertiary/aromatic N) is 1. The Labute approximate surface area is 185 Å². The maximum atomic E-state index is 13.3. The summed E-state index contributed by atoms with van der Waals surface area (Å²) in [5, 5.41) is 5.75. The van der Waals surface area contributed by atoms with E-state index < -0.39 is 17.5 Å². The van der Waals surface area contributed by atoms with Crippen LogP contribution < -0.4 is 20.1 Å². The SMILES string of the molecule is C[C@@H](NC(=O)CN1C(=O)N[C@]2(CCCc3ccccc32)C1=O)c1ccc2c(c1)OCCO2. The maximum absolute atomic E-state index is 13.3. The van der Waals surface area contributed by atoms with Crippen molar-refractivity contribution in [2.45, 2.75) is 37.8 Å². The van der Waals surface area contributed by atoms with Gasteiger partial charge in [0.2, 0.25) is 5.91 Å². The van der Waals surface area contributed by atoms with Gasteiger partial charge in [0.05, 0.1) is 6.04 Å². The Morgan fingerprint density at radius 1 is 1.16 bits per heavy atom. The lowest BCUT2D eigenvalue weighted by molar-refractivity contribution is -0.135. The van der Waals surface area contributed by atoms with Gasteiger partial charge in [0.15, 0.2) is 11.5 Å². The fraction of sp³-hybridized carbons (Fsp3) is 0.375. The summed E-state index contributed by atoms with van der Waals surface area (Å²) in [6, 6.07) is 12.3. The fourth-order valence-electron chi connectivity index (χ4n) is 4.80. The summed E-state index contributed by atoms with van der Waals surface area (Å²) in [5.74, 6) is 0.548. The quantitative estimate of drug-likeness (QED) is 0.719. The van der Waals surface area contributed by atoms with Crippen molar-refractivity contribution in [2.24, 2.45) is 0 Å². The van der Waals surface area contributed by atoms with Gasteiger partial charge in [-0.25, -0.2) is 4.79 Å². The van der Waals surface area contributed by atoms with Crippen LogP contribution in [0.2, 0.25) is 0 Å². The smallest absolute Gasteiger partial charge is 0.325 e. The molecule has 0 radical (unpaired) electrons. The molecule has 1 spiro atoms. The number of amides is 4. The first-order valence-corrected chi connectivity index (χ1v) is 10.9. The first kappa shape index (κ1) is 20.4. The average Bonchev–Trinajstić information content (AvgIpc) is 3.03. The van der Waals surface area contributed by atoms with E-state index in [1.54, 1.807) is 0 Å². The molecule has 8 heteroatoms. The maximum Gasteiger partial charge on any atom is 0.325 e. The van der Waals surface area contributed by atoms with E-state index in [4.69, 9.17) is 9.47 Å². The van der Waals surface area contributed by atoms with E-state index in [-0.39, 0.29) is 18.5 Å². The van der Waals surface area contributed by atoms with E-state index in [1.807, 2.05) is 49.4 Å². The lowest BCUT2D eigenvalue weighted by Crippen LogP contribution is -2.47. The number of imide groups is 1. The van der Waals surface area contributed by atoms with E-state index >= 15 is 0 Å². The molecule has 32 heavy (non-hydrogen) atoms. The standard InChI is InChI=1S/C24H25N3O5/c1-15(17-8-9-19-20(13-17)32-12-11-31-19)25-21(28)14-27-22(29)24(26-23(27)30)10-4-6-16-5-2-3-7-18(16)24/h2-3,5,7-9,13,15H,4,6,10-12,14H2,1H3,(H,25,28)(H,26,30)/t15-,24+/m1/s1. The van der Waals surface area contributed by atoms with E-state index in [1.165, 1.54) is 0 Å². The van der Waals surface area contributed by atoms with E-state index in [0.29, 0.717) is 31.1 Å². The third-order valence-corrected chi connectivity index (χ3v) is 6.40. The first-order chi connectivity index (χ1) is 15.5. The van der Waals surface area contributed by atoms with Crippen molar-refractivity contribution in [2.75, 3.05) is 19.8 Å². The summed E-state index contributed by atoms with van der Waals surface area (Å²) in [6.45, 7) is 2.50. The largest absolute Gasteiger partial charge is 0.486 e. The molecule has 0 aromatic heterocycles. The molecule has 0 bridgehead atoms. The molecule has 2 aliphatic heterocycles. The van der Waals surface area contributed by atoms with E-state index in [2.05, 4.69) is 10.6 Å². The Kier molecular flexibility index (Phi) is 5.00. The molecule has 0 saturated carbocycles. The van der Waals surface area contributed by atoms with Gasteiger partial charge in [-0.1, -0.05) is 30.3 Å². The number of aryl methyl sites for hydroxylation is 1. The number of hydrogen-bond acceptors (Lipinski definition) is 5. The predicted octanol–water partition coefficient (Wildman–Crippen LogP) is 2.42. The molecule has 3 aliphatic rings. The topological polar surface area (TPSA) is 97.0 Å². The van der Waals surface area contributed by atoms with Crippen LogP contribution in [0, 0.1) is 0 Å². The highest BCUT2D eigenvalue weighted by Gasteiger charge is 2.54. The molecule has 2 heterocycles. The number of carbonyl (C=O) groups excluding carboxylic acids is 3. The van der Waals surface area contributed by atoms with Gasteiger partial charge in [0.1, 0.15) is 25.3 Å². The summed E-state index contributed by atoms with van der Waals surface area (Å²) in [7, 11) is 0. The Bertz CT molecular complexity index is 1100. The van der Waals surface area contributed by atoms with Gasteiger partial charge >= 0.3 is 6.03 Å². The predicted molar refractivity (Wildman–Crippen MR) is 115 cm³/mol. The van der Waals surface area contributed by atoms with Gasteiger partial charge in [-0.15, -0.1) is 0 Å². The van der Waals surface area contributed by atoms with E-state index in [0.717, 1.165) is 34.4 Å². The van der Waals surface area contributed by atoms with Crippen molar-refractivity contribution in [3.63, 3.8) is 0 Å². The molecule has 1 saturated heterocycles. The van der Waals surface area contributed by atoms with Crippen LogP contribution in [0.1, 0.15) is 42.5 Å². The van der Waals surface area contributed by atoms with Crippen molar-refractivity contribution >= 4 is 17.8 Å². The number of urea groups is 1. The van der Waals surface area contributed by atoms with Gasteiger partial charge in [0, 0.05) is 0 Å². The molecular formula is C24H25N3O5. The second kappa shape index (κ2) is 7.85. The van der Waals surface area contributed by atoms with Crippen LogP contribution in [-0.2, 0) is 21.5 Å². The number of nitrogens with one attached hydrogen (secondary N) is 2. The molecule has 8 nitrogen and oxygen atoms in total. The van der Waals surface area contributed by atoms with Crippen molar-refractivity contribution in [1.29, 1.82) is 0 Å². The van der Waals surface area contributed by atoms with Crippen LogP contribution in [0.25, 0.3) is 0 Å². The third kappa shape index (κ3) is 3.36. The number of hydrogen-bond donors (Lipinski definition) is 2. The van der Waals surface area contributed by atoms with Crippen LogP contribution in [0.4, 0.5) is 4.79 Å². The lowest BCUT2D eigenvalue weighted by atomic mass is 9.76. The van der Waals surface area contributed by atoms with Crippen LogP contribution >= 0.6 is 0 Å². The van der Waals surface area contributed by atoms with Gasteiger partial charge in [-0.05, 0) is 55.0 Å². The van der Waals surface area contributed by atoms with Crippen molar-refractivity contribution in [3.05, 3.63) is 59.2 Å². The zero-order valence-electron chi connectivity index (χ0n) is 17.8. The van der Waals surface area contributed by atoms with Crippen molar-refractivity contribution < 1.29 is 23.9 Å². The average molecular weight is 435 g/mol. The summed E-state index contributed by atoms with van der Waals surface area (Å²) in [6.07, 6.45) is 2.19. The van der Waals surface area contributed by atoms with Gasteiger partial charge in [-0.2, -0.15) is 0 Å². The van der Waals surface area contributed by atoms with Crippen molar-refractivity contribution in [3.8, 4) is 11.5 Å². The molecule has 5 rings (SSSR count). The van der Waals surface area contributed by atoms with Crippen LogP contribution in [0.15, 0.2) is 42.5 Å². The number of carbonyl (C=O) groups is 3. The van der Waals surface area contributed by atoms with E-state index in [9.17, 15) is 14.4 Å². The Morgan fingerprint density at radius 2 is 1.94 bits per heavy atom. The molecule has 1 fully saturated rings. The molecule has 2 aromatic carbocycles. The second-order valence-corrected chi connectivity index (χ2v) is 8.43. The summed E-state index contributed by atoms with van der Waals surface area (Å²) >= 11 is 0. The number of benzene rings is 2. The number of ether oxygens (including phenoxy) is 2. The Balaban J connectivity index is 1.29. The molecule has 1 aliphatic carbocycles. The zero-order valence-corrected chi connectivity index (χ0v) is 17.8. The molecule has 0 unspecified atom stereocenters. The fourth-order valence-corrected chi connectivity index (χ4v) is 4.80. The second-order valence-electron chi connectivity index (χ2n) is 8.43.